The van der Waals surface area contributed by atoms with Gasteiger partial charge in [-0.1, -0.05) is 18.2 Å². The Balaban J connectivity index is 1.75. The number of nitrogens with one attached hydrogen (secondary N) is 1. The summed E-state index contributed by atoms with van der Waals surface area (Å²) in [5, 5.41) is 2.88. The fourth-order valence-electron chi connectivity index (χ4n) is 3.60. The highest BCUT2D eigenvalue weighted by Crippen LogP contribution is 2.37. The molecular formula is C17H16N4O2. The van der Waals surface area contributed by atoms with E-state index in [4.69, 9.17) is 0 Å². The predicted octanol–water partition coefficient (Wildman–Crippen LogP) is 1.55. The van der Waals surface area contributed by atoms with E-state index in [1.54, 1.807) is 12.4 Å². The van der Waals surface area contributed by atoms with Crippen LogP contribution in [-0.4, -0.2) is 39.4 Å². The lowest BCUT2D eigenvalue weighted by molar-refractivity contribution is -0.130. The molecular weight excluding hydrogens is 292 g/mol. The fourth-order valence-corrected chi connectivity index (χ4v) is 3.60. The van der Waals surface area contributed by atoms with Crippen molar-refractivity contribution in [2.24, 2.45) is 0 Å². The van der Waals surface area contributed by atoms with Gasteiger partial charge in [-0.3, -0.25) is 9.69 Å². The fraction of sp³-hybridized carbons (Fsp3) is 0.294. The minimum absolute atomic E-state index is 0.137. The van der Waals surface area contributed by atoms with Gasteiger partial charge < -0.3 is 5.32 Å². The van der Waals surface area contributed by atoms with E-state index in [0.717, 1.165) is 23.1 Å². The zero-order valence-electron chi connectivity index (χ0n) is 12.7. The smallest absolute Gasteiger partial charge is 0.323 e. The number of carbonyl (C=O) groups excluding carboxylic acids is 2. The number of fused-ring (bicyclic) bond motifs is 1. The average Bonchev–Trinajstić information content (AvgIpc) is 2.79. The maximum atomic E-state index is 12.5. The predicted molar refractivity (Wildman–Crippen MR) is 83.5 cm³/mol. The maximum absolute atomic E-state index is 12.5. The van der Waals surface area contributed by atoms with Crippen molar-refractivity contribution in [3.05, 3.63) is 48.0 Å². The number of nitrogens with zero attached hydrogens (tertiary/aromatic N) is 3. The molecule has 6 heteroatoms. The van der Waals surface area contributed by atoms with E-state index < -0.39 is 5.54 Å². The molecule has 2 aliphatic rings. The van der Waals surface area contributed by atoms with Crippen molar-refractivity contribution in [2.75, 3.05) is 7.05 Å². The van der Waals surface area contributed by atoms with E-state index in [1.165, 1.54) is 23.8 Å². The molecule has 2 heterocycles. The van der Waals surface area contributed by atoms with E-state index in [-0.39, 0.29) is 11.9 Å². The number of carbonyl (C=O) groups is 2. The van der Waals surface area contributed by atoms with Crippen LogP contribution in [0.15, 0.2) is 36.9 Å². The van der Waals surface area contributed by atoms with Gasteiger partial charge >= 0.3 is 6.03 Å². The Morgan fingerprint density at radius 1 is 1.22 bits per heavy atom. The van der Waals surface area contributed by atoms with Gasteiger partial charge in [-0.05, 0) is 29.5 Å². The van der Waals surface area contributed by atoms with Crippen LogP contribution in [0.4, 0.5) is 4.79 Å². The van der Waals surface area contributed by atoms with Gasteiger partial charge in [0.05, 0.1) is 0 Å². The third-order valence-corrected chi connectivity index (χ3v) is 4.80. The molecule has 1 unspecified atom stereocenters. The third kappa shape index (κ3) is 2.02. The Hall–Kier alpha value is -2.76. The summed E-state index contributed by atoms with van der Waals surface area (Å²) >= 11 is 0. The second kappa shape index (κ2) is 4.87. The first kappa shape index (κ1) is 13.9. The summed E-state index contributed by atoms with van der Waals surface area (Å²) in [7, 11) is 1.53. The Morgan fingerprint density at radius 2 is 2.00 bits per heavy atom. The van der Waals surface area contributed by atoms with Crippen molar-refractivity contribution in [1.29, 1.82) is 0 Å². The SMILES string of the molecule is CN1C(=O)NC2(CCc3c(cccc3-c3cncnc3)C2)C1=O. The van der Waals surface area contributed by atoms with Crippen molar-refractivity contribution in [3.8, 4) is 11.1 Å². The second-order valence-electron chi connectivity index (χ2n) is 6.12. The molecule has 4 rings (SSSR count). The van der Waals surface area contributed by atoms with Crippen molar-refractivity contribution in [1.82, 2.24) is 20.2 Å². The van der Waals surface area contributed by atoms with E-state index in [2.05, 4.69) is 21.4 Å². The van der Waals surface area contributed by atoms with Crippen molar-refractivity contribution in [3.63, 3.8) is 0 Å². The number of imide groups is 1. The number of aromatic nitrogens is 2. The van der Waals surface area contributed by atoms with Gasteiger partial charge in [-0.25, -0.2) is 14.8 Å². The number of likely N-dealkylation sites (N-methyl/N-ethyl adjacent to an activating group) is 1. The van der Waals surface area contributed by atoms with Gasteiger partial charge in [0.25, 0.3) is 5.91 Å². The molecule has 116 valence electrons. The molecule has 0 bridgehead atoms. The molecule has 1 fully saturated rings. The number of rotatable bonds is 1. The largest absolute Gasteiger partial charge is 0.324 e. The van der Waals surface area contributed by atoms with Crippen molar-refractivity contribution >= 4 is 11.9 Å². The maximum Gasteiger partial charge on any atom is 0.324 e. The Labute approximate surface area is 133 Å². The highest BCUT2D eigenvalue weighted by Gasteiger charge is 2.51. The lowest BCUT2D eigenvalue weighted by Crippen LogP contribution is -2.51. The van der Waals surface area contributed by atoms with Crippen LogP contribution in [0.2, 0.25) is 0 Å². The molecule has 0 radical (unpaired) electrons. The van der Waals surface area contributed by atoms with Gasteiger partial charge in [0, 0.05) is 31.4 Å². The summed E-state index contributed by atoms with van der Waals surface area (Å²) in [5.74, 6) is -0.137. The Morgan fingerprint density at radius 3 is 2.70 bits per heavy atom. The van der Waals surface area contributed by atoms with E-state index in [9.17, 15) is 9.59 Å². The third-order valence-electron chi connectivity index (χ3n) is 4.80. The minimum Gasteiger partial charge on any atom is -0.323 e. The van der Waals surface area contributed by atoms with Crippen molar-refractivity contribution < 1.29 is 9.59 Å². The quantitative estimate of drug-likeness (QED) is 0.811. The molecule has 3 amide bonds. The molecule has 2 aromatic rings. The van der Waals surface area contributed by atoms with Gasteiger partial charge in [0.15, 0.2) is 0 Å². The second-order valence-corrected chi connectivity index (χ2v) is 6.12. The van der Waals surface area contributed by atoms with Crippen LogP contribution >= 0.6 is 0 Å². The van der Waals surface area contributed by atoms with Crippen LogP contribution in [0.1, 0.15) is 17.5 Å². The molecule has 1 N–H and O–H groups in total. The number of urea groups is 1. The normalized spacial score (nSPS) is 23.1. The molecule has 0 saturated carbocycles. The topological polar surface area (TPSA) is 75.2 Å². The molecule has 1 atom stereocenters. The summed E-state index contributed by atoms with van der Waals surface area (Å²) < 4.78 is 0. The monoisotopic (exact) mass is 308 g/mol. The van der Waals surface area contributed by atoms with Crippen LogP contribution < -0.4 is 5.32 Å². The molecule has 6 nitrogen and oxygen atoms in total. The van der Waals surface area contributed by atoms with Crippen LogP contribution in [0.5, 0.6) is 0 Å². The lowest BCUT2D eigenvalue weighted by Gasteiger charge is -2.33. The molecule has 23 heavy (non-hydrogen) atoms. The Kier molecular flexibility index (Phi) is 2.94. The number of amides is 3. The van der Waals surface area contributed by atoms with Gasteiger partial charge in [-0.2, -0.15) is 0 Å². The number of benzene rings is 1. The van der Waals surface area contributed by atoms with Crippen LogP contribution in [-0.2, 0) is 17.6 Å². The molecule has 1 spiro atoms. The summed E-state index contributed by atoms with van der Waals surface area (Å²) in [5.41, 5.74) is 3.60. The van der Waals surface area contributed by atoms with Gasteiger partial charge in [0.1, 0.15) is 11.9 Å². The number of hydrogen-bond acceptors (Lipinski definition) is 4. The van der Waals surface area contributed by atoms with E-state index in [1.807, 2.05) is 12.1 Å². The van der Waals surface area contributed by atoms with Gasteiger partial charge in [-0.15, -0.1) is 0 Å². The van der Waals surface area contributed by atoms with Gasteiger partial charge in [0.2, 0.25) is 0 Å². The highest BCUT2D eigenvalue weighted by atomic mass is 16.2. The van der Waals surface area contributed by atoms with Crippen LogP contribution in [0, 0.1) is 0 Å². The average molecular weight is 308 g/mol. The summed E-state index contributed by atoms with van der Waals surface area (Å²) in [6.45, 7) is 0. The zero-order valence-corrected chi connectivity index (χ0v) is 12.7. The Bertz CT molecular complexity index is 805. The number of hydrogen-bond donors (Lipinski definition) is 1. The molecule has 1 aromatic heterocycles. The first-order valence-corrected chi connectivity index (χ1v) is 7.57. The van der Waals surface area contributed by atoms with Crippen LogP contribution in [0.25, 0.3) is 11.1 Å². The first-order valence-electron chi connectivity index (χ1n) is 7.57. The standard InChI is InChI=1S/C17H16N4O2/c1-21-15(22)17(20-16(21)23)6-5-14-11(7-17)3-2-4-13(14)12-8-18-10-19-9-12/h2-4,8-10H,5-7H2,1H3,(H,20,23). The van der Waals surface area contributed by atoms with Crippen molar-refractivity contribution in [2.45, 2.75) is 24.8 Å². The lowest BCUT2D eigenvalue weighted by atomic mass is 9.76. The summed E-state index contributed by atoms with van der Waals surface area (Å²) in [6, 6.07) is 5.74. The molecule has 1 aliphatic carbocycles. The van der Waals surface area contributed by atoms with E-state index >= 15 is 0 Å². The van der Waals surface area contributed by atoms with Crippen LogP contribution in [0.3, 0.4) is 0 Å². The molecule has 1 aliphatic heterocycles. The minimum atomic E-state index is -0.787. The van der Waals surface area contributed by atoms with E-state index in [0.29, 0.717) is 12.8 Å². The summed E-state index contributed by atoms with van der Waals surface area (Å²) in [6.07, 6.45) is 6.97. The zero-order chi connectivity index (χ0) is 16.0. The first-order chi connectivity index (χ1) is 11.1. The molecule has 1 aromatic carbocycles. The highest BCUT2D eigenvalue weighted by molar-refractivity contribution is 6.07. The molecule has 1 saturated heterocycles. The summed E-state index contributed by atoms with van der Waals surface area (Å²) in [4.78, 5) is 33.7.